The van der Waals surface area contributed by atoms with Crippen molar-refractivity contribution in [1.82, 2.24) is 10.2 Å². The van der Waals surface area contributed by atoms with Gasteiger partial charge in [-0.05, 0) is 36.3 Å². The number of likely N-dealkylation sites (tertiary alicyclic amines) is 1. The maximum Gasteiger partial charge on any atom is 0.317 e. The van der Waals surface area contributed by atoms with Gasteiger partial charge in [-0.1, -0.05) is 38.1 Å². The molecule has 0 aliphatic carbocycles. The van der Waals surface area contributed by atoms with Gasteiger partial charge in [0.1, 0.15) is 0 Å². The highest BCUT2D eigenvalue weighted by atomic mass is 16.2. The van der Waals surface area contributed by atoms with Crippen LogP contribution in [0, 0.1) is 5.92 Å². The van der Waals surface area contributed by atoms with E-state index >= 15 is 0 Å². The van der Waals surface area contributed by atoms with Crippen molar-refractivity contribution in [3.63, 3.8) is 0 Å². The lowest BCUT2D eigenvalue weighted by atomic mass is 10.00. The summed E-state index contributed by atoms with van der Waals surface area (Å²) in [6.45, 7) is 6.82. The second-order valence-electron chi connectivity index (χ2n) is 5.45. The number of benzene rings is 1. The Hall–Kier alpha value is -1.51. The number of aryl methyl sites for hydroxylation is 1. The third kappa shape index (κ3) is 3.72. The molecular formula is C16H24N2O. The molecule has 2 rings (SSSR count). The SMILES string of the molecule is CCc1ccccc1CNC(=O)N1CCC(C)CC1. The number of hydrogen-bond donors (Lipinski definition) is 1. The normalized spacial score (nSPS) is 16.4. The number of carbonyl (C=O) groups excluding carboxylic acids is 1. The second kappa shape index (κ2) is 6.60. The average molecular weight is 260 g/mol. The van der Waals surface area contributed by atoms with Crippen LogP contribution in [0.15, 0.2) is 24.3 Å². The molecule has 1 N–H and O–H groups in total. The summed E-state index contributed by atoms with van der Waals surface area (Å²) in [4.78, 5) is 14.0. The van der Waals surface area contributed by atoms with Gasteiger partial charge in [-0.3, -0.25) is 0 Å². The third-order valence-electron chi connectivity index (χ3n) is 4.00. The van der Waals surface area contributed by atoms with Crippen LogP contribution in [0.1, 0.15) is 37.8 Å². The molecule has 0 radical (unpaired) electrons. The number of carbonyl (C=O) groups is 1. The minimum Gasteiger partial charge on any atom is -0.334 e. The van der Waals surface area contributed by atoms with E-state index in [1.807, 2.05) is 11.0 Å². The summed E-state index contributed by atoms with van der Waals surface area (Å²) in [7, 11) is 0. The highest BCUT2D eigenvalue weighted by Gasteiger charge is 2.19. The molecular weight excluding hydrogens is 236 g/mol. The van der Waals surface area contributed by atoms with Crippen molar-refractivity contribution < 1.29 is 4.79 Å². The zero-order valence-corrected chi connectivity index (χ0v) is 12.0. The van der Waals surface area contributed by atoms with E-state index in [0.29, 0.717) is 6.54 Å². The summed E-state index contributed by atoms with van der Waals surface area (Å²) in [6, 6.07) is 8.39. The zero-order chi connectivity index (χ0) is 13.7. The lowest BCUT2D eigenvalue weighted by molar-refractivity contribution is 0.173. The smallest absolute Gasteiger partial charge is 0.317 e. The topological polar surface area (TPSA) is 32.3 Å². The van der Waals surface area contributed by atoms with E-state index in [0.717, 1.165) is 38.3 Å². The Balaban J connectivity index is 1.86. The van der Waals surface area contributed by atoms with Crippen LogP contribution in [0.3, 0.4) is 0 Å². The van der Waals surface area contributed by atoms with E-state index in [1.165, 1.54) is 11.1 Å². The third-order valence-corrected chi connectivity index (χ3v) is 4.00. The van der Waals surface area contributed by atoms with Crippen LogP contribution in [0.25, 0.3) is 0 Å². The molecule has 1 heterocycles. The Morgan fingerprint density at radius 1 is 1.26 bits per heavy atom. The maximum absolute atomic E-state index is 12.1. The molecule has 104 valence electrons. The number of amides is 2. The van der Waals surface area contributed by atoms with Crippen molar-refractivity contribution in [3.8, 4) is 0 Å². The highest BCUT2D eigenvalue weighted by molar-refractivity contribution is 5.74. The molecule has 2 amide bonds. The van der Waals surface area contributed by atoms with Gasteiger partial charge in [0, 0.05) is 19.6 Å². The Kier molecular flexibility index (Phi) is 4.83. The Bertz CT molecular complexity index is 423. The van der Waals surface area contributed by atoms with Gasteiger partial charge in [0.15, 0.2) is 0 Å². The number of rotatable bonds is 3. The van der Waals surface area contributed by atoms with Gasteiger partial charge in [0.2, 0.25) is 0 Å². The second-order valence-corrected chi connectivity index (χ2v) is 5.45. The van der Waals surface area contributed by atoms with Gasteiger partial charge in [-0.25, -0.2) is 4.79 Å². The average Bonchev–Trinajstić information content (AvgIpc) is 2.45. The van der Waals surface area contributed by atoms with Gasteiger partial charge in [0.05, 0.1) is 0 Å². The summed E-state index contributed by atoms with van der Waals surface area (Å²) >= 11 is 0. The molecule has 1 aliphatic heterocycles. The first-order chi connectivity index (χ1) is 9.20. The molecule has 1 fully saturated rings. The first-order valence-electron chi connectivity index (χ1n) is 7.30. The number of urea groups is 1. The number of piperidine rings is 1. The van der Waals surface area contributed by atoms with Crippen LogP contribution in [-0.4, -0.2) is 24.0 Å². The Morgan fingerprint density at radius 2 is 1.89 bits per heavy atom. The monoisotopic (exact) mass is 260 g/mol. The molecule has 1 saturated heterocycles. The maximum atomic E-state index is 12.1. The minimum absolute atomic E-state index is 0.0813. The van der Waals surface area contributed by atoms with E-state index in [2.05, 4.69) is 37.4 Å². The lowest BCUT2D eigenvalue weighted by Gasteiger charge is -2.30. The summed E-state index contributed by atoms with van der Waals surface area (Å²) in [5, 5.41) is 3.05. The largest absolute Gasteiger partial charge is 0.334 e. The van der Waals surface area contributed by atoms with Crippen LogP contribution < -0.4 is 5.32 Å². The van der Waals surface area contributed by atoms with Crippen molar-refractivity contribution in [2.24, 2.45) is 5.92 Å². The molecule has 0 unspecified atom stereocenters. The van der Waals surface area contributed by atoms with Crippen molar-refractivity contribution in [2.45, 2.75) is 39.7 Å². The molecule has 1 aromatic carbocycles. The zero-order valence-electron chi connectivity index (χ0n) is 12.0. The van der Waals surface area contributed by atoms with Gasteiger partial charge in [-0.15, -0.1) is 0 Å². The Morgan fingerprint density at radius 3 is 2.53 bits per heavy atom. The van der Waals surface area contributed by atoms with Gasteiger partial charge in [-0.2, -0.15) is 0 Å². The van der Waals surface area contributed by atoms with Crippen molar-refractivity contribution >= 4 is 6.03 Å². The summed E-state index contributed by atoms with van der Waals surface area (Å²) in [5.41, 5.74) is 2.54. The standard InChI is InChI=1S/C16H24N2O/c1-3-14-6-4-5-7-15(14)12-17-16(19)18-10-8-13(2)9-11-18/h4-7,13H,3,8-12H2,1-2H3,(H,17,19). The quantitative estimate of drug-likeness (QED) is 0.889. The van der Waals surface area contributed by atoms with Crippen molar-refractivity contribution in [1.29, 1.82) is 0 Å². The molecule has 0 atom stereocenters. The molecule has 1 aromatic rings. The molecule has 0 aromatic heterocycles. The van der Waals surface area contributed by atoms with Crippen LogP contribution in [0.4, 0.5) is 4.79 Å². The molecule has 3 heteroatoms. The van der Waals surface area contributed by atoms with Gasteiger partial charge >= 0.3 is 6.03 Å². The summed E-state index contributed by atoms with van der Waals surface area (Å²) < 4.78 is 0. The Labute approximate surface area is 116 Å². The van der Waals surface area contributed by atoms with Gasteiger partial charge in [0.25, 0.3) is 0 Å². The highest BCUT2D eigenvalue weighted by Crippen LogP contribution is 2.16. The van der Waals surface area contributed by atoms with E-state index in [4.69, 9.17) is 0 Å². The fourth-order valence-electron chi connectivity index (χ4n) is 2.57. The van der Waals surface area contributed by atoms with Crippen LogP contribution in [0.2, 0.25) is 0 Å². The lowest BCUT2D eigenvalue weighted by Crippen LogP contribution is -2.43. The van der Waals surface area contributed by atoms with Crippen molar-refractivity contribution in [3.05, 3.63) is 35.4 Å². The molecule has 1 aliphatic rings. The van der Waals surface area contributed by atoms with E-state index in [-0.39, 0.29) is 6.03 Å². The fourth-order valence-corrected chi connectivity index (χ4v) is 2.57. The molecule has 19 heavy (non-hydrogen) atoms. The van der Waals surface area contributed by atoms with E-state index in [1.54, 1.807) is 0 Å². The first kappa shape index (κ1) is 13.9. The van der Waals surface area contributed by atoms with Crippen LogP contribution >= 0.6 is 0 Å². The van der Waals surface area contributed by atoms with E-state index < -0.39 is 0 Å². The van der Waals surface area contributed by atoms with Gasteiger partial charge < -0.3 is 10.2 Å². The molecule has 3 nitrogen and oxygen atoms in total. The van der Waals surface area contributed by atoms with Crippen LogP contribution in [-0.2, 0) is 13.0 Å². The molecule has 0 spiro atoms. The number of hydrogen-bond acceptors (Lipinski definition) is 1. The predicted molar refractivity (Wildman–Crippen MR) is 78.0 cm³/mol. The number of nitrogens with zero attached hydrogens (tertiary/aromatic N) is 1. The first-order valence-corrected chi connectivity index (χ1v) is 7.30. The summed E-state index contributed by atoms with van der Waals surface area (Å²) in [6.07, 6.45) is 3.26. The van der Waals surface area contributed by atoms with Crippen molar-refractivity contribution in [2.75, 3.05) is 13.1 Å². The number of nitrogens with one attached hydrogen (secondary N) is 1. The molecule has 0 saturated carbocycles. The summed E-state index contributed by atoms with van der Waals surface area (Å²) in [5.74, 6) is 0.755. The molecule has 0 bridgehead atoms. The van der Waals surface area contributed by atoms with E-state index in [9.17, 15) is 4.79 Å². The predicted octanol–water partition coefficient (Wildman–Crippen LogP) is 3.19. The van der Waals surface area contributed by atoms with Crippen LogP contribution in [0.5, 0.6) is 0 Å². The fraction of sp³-hybridized carbons (Fsp3) is 0.562. The minimum atomic E-state index is 0.0813.